The van der Waals surface area contributed by atoms with Crippen LogP contribution < -0.4 is 20.1 Å². The number of nitrogens with one attached hydrogen (secondary N) is 3. The fourth-order valence-corrected chi connectivity index (χ4v) is 7.68. The van der Waals surface area contributed by atoms with Crippen LogP contribution in [0.25, 0.3) is 0 Å². The highest BCUT2D eigenvalue weighted by atomic mass is 32.2. The maximum absolute atomic E-state index is 13.3. The summed E-state index contributed by atoms with van der Waals surface area (Å²) >= 11 is 0. The molecule has 14 heteroatoms. The van der Waals surface area contributed by atoms with Gasteiger partial charge in [0, 0.05) is 63.1 Å². The van der Waals surface area contributed by atoms with Crippen LogP contribution in [-0.4, -0.2) is 95.4 Å². The van der Waals surface area contributed by atoms with E-state index in [-0.39, 0.29) is 34.6 Å². The van der Waals surface area contributed by atoms with E-state index < -0.39 is 26.2 Å². The third-order valence-corrected chi connectivity index (χ3v) is 11.1. The Morgan fingerprint density at radius 2 is 2.02 bits per heavy atom. The van der Waals surface area contributed by atoms with Gasteiger partial charge in [-0.15, -0.1) is 0 Å². The lowest BCUT2D eigenvalue weighted by molar-refractivity contribution is -0.0312. The molecule has 2 atom stereocenters. The molecule has 220 valence electrons. The predicted molar refractivity (Wildman–Crippen MR) is 147 cm³/mol. The molecule has 1 aromatic heterocycles. The van der Waals surface area contributed by atoms with Crippen LogP contribution in [0.2, 0.25) is 0 Å². The highest BCUT2D eigenvalue weighted by molar-refractivity contribution is 7.89. The van der Waals surface area contributed by atoms with Crippen molar-refractivity contribution in [2.24, 2.45) is 0 Å². The van der Waals surface area contributed by atoms with Gasteiger partial charge in [0.25, 0.3) is 0 Å². The number of piperidine rings is 1. The Morgan fingerprint density at radius 3 is 2.80 bits per heavy atom. The largest absolute Gasteiger partial charge is 0.491 e. The number of benzene rings is 1. The van der Waals surface area contributed by atoms with Gasteiger partial charge in [0.2, 0.25) is 20.0 Å². The van der Waals surface area contributed by atoms with Crippen molar-refractivity contribution < 1.29 is 31.4 Å². The summed E-state index contributed by atoms with van der Waals surface area (Å²) in [5, 5.41) is 17.0. The van der Waals surface area contributed by atoms with Crippen molar-refractivity contribution in [3.8, 4) is 5.75 Å². The van der Waals surface area contributed by atoms with Crippen LogP contribution in [-0.2, 0) is 37.7 Å². The number of aromatic nitrogens is 1. The molecule has 0 saturated carbocycles. The summed E-state index contributed by atoms with van der Waals surface area (Å²) < 4.78 is 66.1. The molecule has 0 aliphatic carbocycles. The zero-order chi connectivity index (χ0) is 28.4. The number of aliphatic hydroxyl groups is 1. The van der Waals surface area contributed by atoms with Crippen LogP contribution in [0, 0.1) is 0 Å². The van der Waals surface area contributed by atoms with Gasteiger partial charge in [-0.1, -0.05) is 6.07 Å². The summed E-state index contributed by atoms with van der Waals surface area (Å²) in [6.07, 6.45) is 3.39. The maximum Gasteiger partial charge on any atom is 0.244 e. The number of hydrogen-bond acceptors (Lipinski definition) is 10. The highest BCUT2D eigenvalue weighted by Gasteiger charge is 2.44. The van der Waals surface area contributed by atoms with E-state index in [1.807, 2.05) is 0 Å². The maximum atomic E-state index is 13.3. The first-order valence-electron chi connectivity index (χ1n) is 13.5. The molecule has 2 aromatic rings. The molecule has 40 heavy (non-hydrogen) atoms. The van der Waals surface area contributed by atoms with Crippen molar-refractivity contribution in [3.63, 3.8) is 0 Å². The second-order valence-electron chi connectivity index (χ2n) is 10.6. The number of fused-ring (bicyclic) bond motifs is 1. The predicted octanol–water partition coefficient (Wildman–Crippen LogP) is -0.0229. The van der Waals surface area contributed by atoms with Crippen molar-refractivity contribution in [2.75, 3.05) is 46.4 Å². The van der Waals surface area contributed by atoms with E-state index in [9.17, 15) is 21.9 Å². The Bertz CT molecular complexity index is 1410. The molecule has 4 N–H and O–H groups in total. The number of ether oxygens (including phenoxy) is 2. The highest BCUT2D eigenvalue weighted by Crippen LogP contribution is 2.37. The van der Waals surface area contributed by atoms with E-state index in [0.29, 0.717) is 44.8 Å². The number of hydrogen-bond donors (Lipinski definition) is 4. The molecule has 2 fully saturated rings. The first-order chi connectivity index (χ1) is 19.1. The van der Waals surface area contributed by atoms with Crippen LogP contribution in [0.15, 0.2) is 46.3 Å². The molecule has 12 nitrogen and oxygen atoms in total. The zero-order valence-corrected chi connectivity index (χ0v) is 24.1. The van der Waals surface area contributed by atoms with Crippen LogP contribution in [0.1, 0.15) is 30.5 Å². The average molecular weight is 596 g/mol. The van der Waals surface area contributed by atoms with Crippen LogP contribution in [0.3, 0.4) is 0 Å². The van der Waals surface area contributed by atoms with Gasteiger partial charge in [-0.2, -0.15) is 4.31 Å². The smallest absolute Gasteiger partial charge is 0.244 e. The lowest BCUT2D eigenvalue weighted by atomic mass is 9.88. The molecule has 3 aliphatic heterocycles. The monoisotopic (exact) mass is 595 g/mol. The number of pyridine rings is 1. The second kappa shape index (κ2) is 12.0. The summed E-state index contributed by atoms with van der Waals surface area (Å²) in [5.41, 5.74) is 1.51. The number of aliphatic hydroxyl groups excluding tert-OH is 1. The second-order valence-corrected chi connectivity index (χ2v) is 14.4. The van der Waals surface area contributed by atoms with Crippen molar-refractivity contribution in [3.05, 3.63) is 47.8 Å². The molecule has 4 heterocycles. The van der Waals surface area contributed by atoms with E-state index in [4.69, 9.17) is 9.47 Å². The molecule has 2 saturated heterocycles. The number of rotatable bonds is 10. The Balaban J connectivity index is 1.08. The van der Waals surface area contributed by atoms with Gasteiger partial charge in [-0.05, 0) is 50.1 Å². The molecule has 1 aromatic carbocycles. The summed E-state index contributed by atoms with van der Waals surface area (Å²) in [6.45, 7) is 2.99. The minimum absolute atomic E-state index is 0.00475. The molecular weight excluding hydrogens is 558 g/mol. The number of sulfonamides is 2. The lowest BCUT2D eigenvalue weighted by Crippen LogP contribution is -2.47. The fourth-order valence-electron chi connectivity index (χ4n) is 5.48. The van der Waals surface area contributed by atoms with E-state index in [0.717, 1.165) is 30.6 Å². The van der Waals surface area contributed by atoms with Crippen molar-refractivity contribution >= 4 is 20.0 Å². The molecular formula is C26H37N5O7S2. The van der Waals surface area contributed by atoms with Crippen LogP contribution in [0.5, 0.6) is 5.75 Å². The van der Waals surface area contributed by atoms with Gasteiger partial charge in [0.05, 0.1) is 17.1 Å². The third-order valence-electron chi connectivity index (χ3n) is 7.84. The van der Waals surface area contributed by atoms with Gasteiger partial charge in [0.15, 0.2) is 0 Å². The first-order valence-corrected chi connectivity index (χ1v) is 16.4. The van der Waals surface area contributed by atoms with Gasteiger partial charge < -0.3 is 25.2 Å². The average Bonchev–Trinajstić information content (AvgIpc) is 3.37. The quantitative estimate of drug-likeness (QED) is 0.294. The van der Waals surface area contributed by atoms with E-state index in [2.05, 4.69) is 20.3 Å². The van der Waals surface area contributed by atoms with Crippen molar-refractivity contribution in [1.29, 1.82) is 0 Å². The molecule has 5 rings (SSSR count). The normalized spacial score (nSPS) is 22.2. The van der Waals surface area contributed by atoms with Crippen LogP contribution >= 0.6 is 0 Å². The summed E-state index contributed by atoms with van der Waals surface area (Å²) in [4.78, 5) is 4.74. The molecule has 1 spiro atoms. The van der Waals surface area contributed by atoms with Gasteiger partial charge >= 0.3 is 0 Å². The molecule has 0 amide bonds. The Morgan fingerprint density at radius 1 is 1.23 bits per heavy atom. The fraction of sp³-hybridized carbons (Fsp3) is 0.577. The minimum atomic E-state index is -3.63. The van der Waals surface area contributed by atoms with Crippen molar-refractivity contribution in [2.45, 2.75) is 59.8 Å². The molecule has 0 radical (unpaired) electrons. The Labute approximate surface area is 235 Å². The summed E-state index contributed by atoms with van der Waals surface area (Å²) in [7, 11) is -5.87. The van der Waals surface area contributed by atoms with E-state index in [1.54, 1.807) is 18.2 Å². The molecule has 0 unspecified atom stereocenters. The third kappa shape index (κ3) is 6.49. The molecule has 3 aliphatic rings. The number of nitrogens with zero attached hydrogens (tertiary/aromatic N) is 2. The van der Waals surface area contributed by atoms with Crippen molar-refractivity contribution in [1.82, 2.24) is 24.6 Å². The van der Waals surface area contributed by atoms with Gasteiger partial charge in [-0.3, -0.25) is 4.98 Å². The topological polar surface area (TPSA) is 159 Å². The van der Waals surface area contributed by atoms with E-state index in [1.165, 1.54) is 29.7 Å². The summed E-state index contributed by atoms with van der Waals surface area (Å²) in [5.74, 6) is 0.350. The van der Waals surface area contributed by atoms with Gasteiger partial charge in [-0.25, -0.2) is 21.6 Å². The SMILES string of the molecule is CNS(=O)(=O)c1cccc(OC[C@@H](O)CN[C@H]2COC3(CCN(S(=O)(=O)c4cnc5c(c4)CNCC5)CC3)C2)c1. The van der Waals surface area contributed by atoms with Gasteiger partial charge in [0.1, 0.15) is 23.4 Å². The standard InChI is InChI=1S/C26H37N5O7S2/c1-27-39(33,34)23-4-2-3-22(12-23)37-18-21(32)15-29-20-13-26(38-17-20)6-9-31(10-7-26)40(35,36)24-11-19-14-28-8-5-25(19)30-16-24/h2-4,11-12,16,20-21,27-29,32H,5-10,13-15,17-18H2,1H3/t20-,21+/m1/s1. The zero-order valence-electron chi connectivity index (χ0n) is 22.5. The lowest BCUT2D eigenvalue weighted by Gasteiger charge is -2.38. The van der Waals surface area contributed by atoms with E-state index >= 15 is 0 Å². The summed E-state index contributed by atoms with van der Waals surface area (Å²) in [6, 6.07) is 7.87. The first kappa shape index (κ1) is 29.3. The molecule has 0 bridgehead atoms. The Kier molecular flexibility index (Phi) is 8.78. The van der Waals surface area contributed by atoms with Crippen LogP contribution in [0.4, 0.5) is 0 Å². The minimum Gasteiger partial charge on any atom is -0.491 e. The Hall–Kier alpha value is -2.17.